The molecule has 0 atom stereocenters. The van der Waals surface area contributed by atoms with Gasteiger partial charge in [0.05, 0.1) is 6.10 Å². The summed E-state index contributed by atoms with van der Waals surface area (Å²) in [5, 5.41) is 0. The summed E-state index contributed by atoms with van der Waals surface area (Å²) in [7, 11) is 0. The Morgan fingerprint density at radius 3 is 2.13 bits per heavy atom. The van der Waals surface area contributed by atoms with Gasteiger partial charge in [-0.1, -0.05) is 13.8 Å². The lowest BCUT2D eigenvalue weighted by atomic mass is 10.2. The molecule has 0 saturated heterocycles. The van der Waals surface area contributed by atoms with Gasteiger partial charge >= 0.3 is 6.16 Å². The van der Waals surface area contributed by atoms with Gasteiger partial charge in [0.2, 0.25) is 0 Å². The molecule has 0 spiro atoms. The molecule has 15 heavy (non-hydrogen) atoms. The average molecular weight is 218 g/mol. The van der Waals surface area contributed by atoms with Gasteiger partial charge in [0.25, 0.3) is 0 Å². The molecule has 0 aliphatic rings. The van der Waals surface area contributed by atoms with Crippen molar-refractivity contribution in [1.82, 2.24) is 0 Å². The van der Waals surface area contributed by atoms with Crippen LogP contribution >= 0.6 is 0 Å². The Bertz CT molecular complexity index is 180. The quantitative estimate of drug-likeness (QED) is 0.525. The SMILES string of the molecule is CCC(CC)OCOC(=O)OC(C)(C)C. The highest BCUT2D eigenvalue weighted by Crippen LogP contribution is 2.08. The maximum Gasteiger partial charge on any atom is 0.510 e. The van der Waals surface area contributed by atoms with Crippen LogP contribution in [0.15, 0.2) is 0 Å². The highest BCUT2D eigenvalue weighted by Gasteiger charge is 2.17. The van der Waals surface area contributed by atoms with E-state index in [9.17, 15) is 4.79 Å². The van der Waals surface area contributed by atoms with Gasteiger partial charge in [-0.15, -0.1) is 0 Å². The van der Waals surface area contributed by atoms with Gasteiger partial charge in [-0.3, -0.25) is 0 Å². The van der Waals surface area contributed by atoms with Gasteiger partial charge in [-0.05, 0) is 33.6 Å². The Morgan fingerprint density at radius 1 is 1.20 bits per heavy atom. The fourth-order valence-corrected chi connectivity index (χ4v) is 0.982. The molecule has 0 N–H and O–H groups in total. The van der Waals surface area contributed by atoms with E-state index in [1.807, 2.05) is 13.8 Å². The summed E-state index contributed by atoms with van der Waals surface area (Å²) in [6.07, 6.45) is 1.28. The lowest BCUT2D eigenvalue weighted by molar-refractivity contribution is -0.0925. The van der Waals surface area contributed by atoms with Crippen LogP contribution in [0.5, 0.6) is 0 Å². The van der Waals surface area contributed by atoms with Crippen LogP contribution in [0.3, 0.4) is 0 Å². The van der Waals surface area contributed by atoms with E-state index in [2.05, 4.69) is 0 Å². The summed E-state index contributed by atoms with van der Waals surface area (Å²) < 4.78 is 15.0. The van der Waals surface area contributed by atoms with Gasteiger partial charge in [-0.2, -0.15) is 0 Å². The number of carbonyl (C=O) groups excluding carboxylic acids is 1. The Morgan fingerprint density at radius 2 is 1.73 bits per heavy atom. The second-order valence-electron chi connectivity index (χ2n) is 4.33. The van der Waals surface area contributed by atoms with Crippen LogP contribution in [0.4, 0.5) is 4.79 Å². The summed E-state index contributed by atoms with van der Waals surface area (Å²) in [5.41, 5.74) is -0.522. The highest BCUT2D eigenvalue weighted by molar-refractivity contribution is 5.60. The Labute approximate surface area is 91.9 Å². The molecule has 0 amide bonds. The lowest BCUT2D eigenvalue weighted by Gasteiger charge is -2.19. The Hall–Kier alpha value is -0.770. The number of ether oxygens (including phenoxy) is 3. The van der Waals surface area contributed by atoms with Crippen molar-refractivity contribution in [3.8, 4) is 0 Å². The van der Waals surface area contributed by atoms with E-state index in [1.54, 1.807) is 20.8 Å². The summed E-state index contributed by atoms with van der Waals surface area (Å²) in [6, 6.07) is 0. The summed E-state index contributed by atoms with van der Waals surface area (Å²) in [6.45, 7) is 9.38. The van der Waals surface area contributed by atoms with Gasteiger partial charge < -0.3 is 14.2 Å². The molecule has 0 bridgehead atoms. The minimum atomic E-state index is -0.687. The molecule has 0 heterocycles. The maximum absolute atomic E-state index is 11.1. The van der Waals surface area contributed by atoms with E-state index in [0.717, 1.165) is 12.8 Å². The fraction of sp³-hybridized carbons (Fsp3) is 0.909. The summed E-state index contributed by atoms with van der Waals surface area (Å²) >= 11 is 0. The van der Waals surface area contributed by atoms with Crippen molar-refractivity contribution in [2.75, 3.05) is 6.79 Å². The van der Waals surface area contributed by atoms with Crippen molar-refractivity contribution in [2.45, 2.75) is 59.2 Å². The molecule has 0 saturated carbocycles. The minimum absolute atomic E-state index is 0.0404. The zero-order valence-electron chi connectivity index (χ0n) is 10.3. The summed E-state index contributed by atoms with van der Waals surface area (Å²) in [5.74, 6) is 0. The molecule has 0 aliphatic heterocycles. The smallest absolute Gasteiger partial charge is 0.429 e. The van der Waals surface area contributed by atoms with Crippen LogP contribution in [-0.2, 0) is 14.2 Å². The second kappa shape index (κ2) is 6.67. The molecule has 0 aromatic rings. The number of carbonyl (C=O) groups is 1. The standard InChI is InChI=1S/C11H22O4/c1-6-9(7-2)13-8-14-10(12)15-11(3,4)5/h9H,6-8H2,1-5H3. The van der Waals surface area contributed by atoms with Crippen molar-refractivity contribution >= 4 is 6.16 Å². The molecule has 0 aliphatic carbocycles. The Kier molecular flexibility index (Phi) is 6.32. The monoisotopic (exact) mass is 218 g/mol. The first-order chi connectivity index (χ1) is 6.89. The topological polar surface area (TPSA) is 44.8 Å². The van der Waals surface area contributed by atoms with Crippen molar-refractivity contribution in [1.29, 1.82) is 0 Å². The van der Waals surface area contributed by atoms with Crippen molar-refractivity contribution in [3.63, 3.8) is 0 Å². The van der Waals surface area contributed by atoms with E-state index in [1.165, 1.54) is 0 Å². The van der Waals surface area contributed by atoms with Gasteiger partial charge in [0, 0.05) is 0 Å². The van der Waals surface area contributed by atoms with E-state index in [4.69, 9.17) is 14.2 Å². The normalized spacial score (nSPS) is 11.6. The first kappa shape index (κ1) is 14.2. The molecular weight excluding hydrogens is 196 g/mol. The molecule has 0 fully saturated rings. The Balaban J connectivity index is 3.64. The molecular formula is C11H22O4. The van der Waals surface area contributed by atoms with Crippen LogP contribution in [0.25, 0.3) is 0 Å². The van der Waals surface area contributed by atoms with E-state index in [0.29, 0.717) is 0 Å². The number of hydrogen-bond acceptors (Lipinski definition) is 4. The molecule has 4 heteroatoms. The second-order valence-corrected chi connectivity index (χ2v) is 4.33. The highest BCUT2D eigenvalue weighted by atomic mass is 16.8. The number of rotatable bonds is 5. The molecule has 0 rings (SSSR count). The van der Waals surface area contributed by atoms with E-state index in [-0.39, 0.29) is 12.9 Å². The van der Waals surface area contributed by atoms with Gasteiger partial charge in [0.1, 0.15) is 5.60 Å². The van der Waals surface area contributed by atoms with Gasteiger partial charge in [0.15, 0.2) is 6.79 Å². The van der Waals surface area contributed by atoms with Crippen molar-refractivity contribution in [2.24, 2.45) is 0 Å². The predicted molar refractivity (Wildman–Crippen MR) is 57.6 cm³/mol. The fourth-order valence-electron chi connectivity index (χ4n) is 0.982. The third-order valence-electron chi connectivity index (χ3n) is 1.78. The molecule has 0 aromatic heterocycles. The number of hydrogen-bond donors (Lipinski definition) is 0. The molecule has 0 unspecified atom stereocenters. The van der Waals surface area contributed by atoms with Crippen LogP contribution in [0.1, 0.15) is 47.5 Å². The van der Waals surface area contributed by atoms with E-state index >= 15 is 0 Å². The lowest BCUT2D eigenvalue weighted by Crippen LogP contribution is -2.25. The summed E-state index contributed by atoms with van der Waals surface area (Å²) in [4.78, 5) is 11.1. The third-order valence-corrected chi connectivity index (χ3v) is 1.78. The molecule has 0 aromatic carbocycles. The van der Waals surface area contributed by atoms with Crippen LogP contribution in [-0.4, -0.2) is 24.7 Å². The molecule has 0 radical (unpaired) electrons. The zero-order valence-corrected chi connectivity index (χ0v) is 10.3. The largest absolute Gasteiger partial charge is 0.510 e. The first-order valence-corrected chi connectivity index (χ1v) is 5.36. The minimum Gasteiger partial charge on any atom is -0.429 e. The van der Waals surface area contributed by atoms with Gasteiger partial charge in [-0.25, -0.2) is 4.79 Å². The molecule has 4 nitrogen and oxygen atoms in total. The maximum atomic E-state index is 11.1. The van der Waals surface area contributed by atoms with Crippen LogP contribution < -0.4 is 0 Å². The van der Waals surface area contributed by atoms with Crippen molar-refractivity contribution in [3.05, 3.63) is 0 Å². The molecule has 90 valence electrons. The van der Waals surface area contributed by atoms with Crippen molar-refractivity contribution < 1.29 is 19.0 Å². The zero-order chi connectivity index (χ0) is 11.9. The third kappa shape index (κ3) is 8.24. The first-order valence-electron chi connectivity index (χ1n) is 5.36. The van der Waals surface area contributed by atoms with Crippen LogP contribution in [0, 0.1) is 0 Å². The van der Waals surface area contributed by atoms with Crippen LogP contribution in [0.2, 0.25) is 0 Å². The van der Waals surface area contributed by atoms with E-state index < -0.39 is 11.8 Å². The average Bonchev–Trinajstić information content (AvgIpc) is 2.09. The predicted octanol–water partition coefficient (Wildman–Crippen LogP) is 3.10.